The van der Waals surface area contributed by atoms with Gasteiger partial charge in [-0.2, -0.15) is 0 Å². The van der Waals surface area contributed by atoms with Crippen molar-refractivity contribution in [2.24, 2.45) is 0 Å². The van der Waals surface area contributed by atoms with Crippen molar-refractivity contribution in [3.8, 4) is 0 Å². The van der Waals surface area contributed by atoms with Crippen molar-refractivity contribution in [2.45, 2.75) is 33.4 Å². The number of nitrogens with one attached hydrogen (secondary N) is 1. The molecule has 0 rings (SSSR count). The number of hydrogen-bond acceptors (Lipinski definition) is 3. The summed E-state index contributed by atoms with van der Waals surface area (Å²) in [5, 5.41) is 3.14. The Hall–Kier alpha value is -0.150. The molecular weight excluding hydrogens is 164 g/mol. The first-order chi connectivity index (χ1) is 6.35. The summed E-state index contributed by atoms with van der Waals surface area (Å²) < 4.78 is 10.8. The summed E-state index contributed by atoms with van der Waals surface area (Å²) in [6.07, 6.45) is 0.819. The zero-order valence-electron chi connectivity index (χ0n) is 8.88. The summed E-state index contributed by atoms with van der Waals surface area (Å²) in [5.41, 5.74) is 0. The van der Waals surface area contributed by atoms with Crippen LogP contribution in [0.3, 0.4) is 0 Å². The van der Waals surface area contributed by atoms with E-state index in [1.807, 2.05) is 34.4 Å². The van der Waals surface area contributed by atoms with Crippen LogP contribution in [0.2, 0.25) is 6.82 Å². The van der Waals surface area contributed by atoms with Gasteiger partial charge in [0.25, 0.3) is 0 Å². The van der Waals surface area contributed by atoms with E-state index in [9.17, 15) is 0 Å². The van der Waals surface area contributed by atoms with Crippen molar-refractivity contribution >= 4 is 13.7 Å². The monoisotopic (exact) mass is 183 g/mol. The van der Waals surface area contributed by atoms with Gasteiger partial charge < -0.3 is 0 Å². The molecule has 3 nitrogen and oxygen atoms in total. The molecule has 0 saturated carbocycles. The third kappa shape index (κ3) is 8.19. The van der Waals surface area contributed by atoms with E-state index in [1.165, 1.54) is 0 Å². The Morgan fingerprint density at radius 1 is 1.23 bits per heavy atom. The maximum absolute atomic E-state index is 5.38. The zero-order chi connectivity index (χ0) is 9.94. The predicted molar refractivity (Wildman–Crippen MR) is 57.0 cm³/mol. The first-order valence-corrected chi connectivity index (χ1v) is 4.92. The number of rotatable bonds is 8. The number of hydrogen-bond donors (Lipinski definition) is 1. The third-order valence-electron chi connectivity index (χ3n) is 1.51. The van der Waals surface area contributed by atoms with Gasteiger partial charge >= 0.3 is 81.6 Å². The van der Waals surface area contributed by atoms with Gasteiger partial charge in [0.2, 0.25) is 0 Å². The fourth-order valence-corrected chi connectivity index (χ4v) is 0.989. The third-order valence-corrected chi connectivity index (χ3v) is 1.51. The second kappa shape index (κ2) is 9.93. The van der Waals surface area contributed by atoms with E-state index in [0.29, 0.717) is 13.2 Å². The SMILES string of the molecule is CB=BNCCC(OCC)OCC. The standard InChI is InChI=1S/C8H19B2NO2/c1-4-12-8(13-5-2)6-7-11-10-9-3/h8,11H,4-7H2,1-3H3. The van der Waals surface area contributed by atoms with Gasteiger partial charge in [-0.25, -0.2) is 0 Å². The molecule has 0 aromatic rings. The quantitative estimate of drug-likeness (QED) is 0.340. The summed E-state index contributed by atoms with van der Waals surface area (Å²) >= 11 is 0. The molecule has 1 N–H and O–H groups in total. The van der Waals surface area contributed by atoms with Crippen LogP contribution < -0.4 is 5.23 Å². The van der Waals surface area contributed by atoms with Crippen LogP contribution in [0.1, 0.15) is 20.3 Å². The molecule has 0 spiro atoms. The molecule has 0 saturated heterocycles. The second-order valence-electron chi connectivity index (χ2n) is 2.58. The minimum absolute atomic E-state index is 0.0623. The van der Waals surface area contributed by atoms with Crippen LogP contribution in [-0.2, 0) is 9.47 Å². The van der Waals surface area contributed by atoms with Crippen LogP contribution in [0.4, 0.5) is 0 Å². The van der Waals surface area contributed by atoms with Gasteiger partial charge in [0, 0.05) is 0 Å². The molecule has 0 heterocycles. The Balaban J connectivity index is 3.43. The predicted octanol–water partition coefficient (Wildman–Crippen LogP) is 0.652. The molecule has 0 fully saturated rings. The normalized spacial score (nSPS) is 10.2. The van der Waals surface area contributed by atoms with Crippen molar-refractivity contribution in [2.75, 3.05) is 19.8 Å². The molecule has 0 amide bonds. The fraction of sp³-hybridized carbons (Fsp3) is 1.00. The van der Waals surface area contributed by atoms with Gasteiger partial charge in [0.1, 0.15) is 0 Å². The second-order valence-corrected chi connectivity index (χ2v) is 2.58. The first-order valence-electron chi connectivity index (χ1n) is 4.92. The molecular formula is C8H19B2NO2. The van der Waals surface area contributed by atoms with Gasteiger partial charge in [-0.1, -0.05) is 0 Å². The van der Waals surface area contributed by atoms with E-state index in [1.54, 1.807) is 0 Å². The topological polar surface area (TPSA) is 30.5 Å². The fourth-order valence-electron chi connectivity index (χ4n) is 0.989. The van der Waals surface area contributed by atoms with Gasteiger partial charge in [0.05, 0.1) is 0 Å². The molecule has 74 valence electrons. The summed E-state index contributed by atoms with van der Waals surface area (Å²) in [6.45, 7) is 12.1. The molecule has 0 aliphatic carbocycles. The molecule has 0 aromatic carbocycles. The van der Waals surface area contributed by atoms with Gasteiger partial charge in [-0.15, -0.1) is 0 Å². The van der Waals surface area contributed by atoms with Gasteiger partial charge in [-0.05, 0) is 0 Å². The summed E-state index contributed by atoms with van der Waals surface area (Å²) in [7, 11) is 0. The molecule has 5 heteroatoms. The van der Waals surface area contributed by atoms with Crippen molar-refractivity contribution in [1.29, 1.82) is 0 Å². The molecule has 0 aliphatic rings. The van der Waals surface area contributed by atoms with Crippen LogP contribution in [0.25, 0.3) is 0 Å². The first kappa shape index (κ1) is 12.8. The molecule has 13 heavy (non-hydrogen) atoms. The van der Waals surface area contributed by atoms with Crippen LogP contribution in [-0.4, -0.2) is 39.8 Å². The van der Waals surface area contributed by atoms with Crippen LogP contribution in [0.5, 0.6) is 0 Å². The Morgan fingerprint density at radius 3 is 2.31 bits per heavy atom. The average molecular weight is 183 g/mol. The Bertz CT molecular complexity index is 127. The van der Waals surface area contributed by atoms with Crippen molar-refractivity contribution < 1.29 is 9.47 Å². The van der Waals surface area contributed by atoms with Crippen molar-refractivity contribution in [3.63, 3.8) is 0 Å². The van der Waals surface area contributed by atoms with Crippen molar-refractivity contribution in [3.05, 3.63) is 0 Å². The van der Waals surface area contributed by atoms with E-state index in [0.717, 1.165) is 13.0 Å². The number of ether oxygens (including phenoxy) is 2. The van der Waals surface area contributed by atoms with Crippen LogP contribution >= 0.6 is 0 Å². The maximum atomic E-state index is 5.38. The van der Waals surface area contributed by atoms with Gasteiger partial charge in [-0.3, -0.25) is 0 Å². The summed E-state index contributed by atoms with van der Waals surface area (Å²) in [6, 6.07) is 0. The molecule has 0 radical (unpaired) electrons. The van der Waals surface area contributed by atoms with E-state index in [2.05, 4.69) is 5.23 Å². The molecule has 0 aliphatic heterocycles. The van der Waals surface area contributed by atoms with E-state index >= 15 is 0 Å². The van der Waals surface area contributed by atoms with E-state index in [4.69, 9.17) is 9.47 Å². The van der Waals surface area contributed by atoms with E-state index in [-0.39, 0.29) is 6.29 Å². The van der Waals surface area contributed by atoms with Crippen molar-refractivity contribution in [1.82, 2.24) is 5.23 Å². The van der Waals surface area contributed by atoms with Gasteiger partial charge in [0.15, 0.2) is 0 Å². The summed E-state index contributed by atoms with van der Waals surface area (Å²) in [4.78, 5) is 0. The summed E-state index contributed by atoms with van der Waals surface area (Å²) in [5.74, 6) is 0. The zero-order valence-corrected chi connectivity index (χ0v) is 8.88. The Kier molecular flexibility index (Phi) is 9.82. The Morgan fingerprint density at radius 2 is 1.85 bits per heavy atom. The minimum atomic E-state index is -0.0623. The molecule has 0 atom stereocenters. The van der Waals surface area contributed by atoms with Crippen LogP contribution in [0, 0.1) is 0 Å². The average Bonchev–Trinajstić information content (AvgIpc) is 2.13. The molecule has 0 bridgehead atoms. The molecule has 0 aromatic heterocycles. The molecule has 0 unspecified atom stereocenters. The van der Waals surface area contributed by atoms with Crippen LogP contribution in [0.15, 0.2) is 0 Å². The van der Waals surface area contributed by atoms with E-state index < -0.39 is 0 Å². The Labute approximate surface area is 82.3 Å².